The molecule has 0 aromatic heterocycles. The first kappa shape index (κ1) is 96.1. The van der Waals surface area contributed by atoms with Crippen molar-refractivity contribution in [2.75, 3.05) is 39.6 Å². The summed E-state index contributed by atoms with van der Waals surface area (Å²) in [6.45, 7) is 9.64. The molecular weight excluding hydrogens is 1280 g/mol. The van der Waals surface area contributed by atoms with Crippen LogP contribution < -0.4 is 0 Å². The van der Waals surface area contributed by atoms with E-state index in [-0.39, 0.29) is 25.7 Å². The first-order chi connectivity index (χ1) is 47.4. The van der Waals surface area contributed by atoms with Crippen molar-refractivity contribution in [1.29, 1.82) is 0 Å². The van der Waals surface area contributed by atoms with Crippen molar-refractivity contribution in [1.82, 2.24) is 0 Å². The van der Waals surface area contributed by atoms with Crippen molar-refractivity contribution >= 4 is 39.5 Å². The Kier molecular flexibility index (Phi) is 69.3. The largest absolute Gasteiger partial charge is 0.472 e. The Hall–Kier alpha value is -1.94. The number of ether oxygens (including phenoxy) is 4. The van der Waals surface area contributed by atoms with Crippen LogP contribution in [-0.2, 0) is 65.4 Å². The monoisotopic (exact) mass is 1440 g/mol. The number of carbonyl (C=O) groups is 4. The van der Waals surface area contributed by atoms with Crippen LogP contribution in [0.1, 0.15) is 414 Å². The van der Waals surface area contributed by atoms with Crippen LogP contribution in [0.4, 0.5) is 0 Å². The van der Waals surface area contributed by atoms with Gasteiger partial charge < -0.3 is 33.8 Å². The summed E-state index contributed by atoms with van der Waals surface area (Å²) < 4.78 is 68.6. The fourth-order valence-electron chi connectivity index (χ4n) is 12.2. The van der Waals surface area contributed by atoms with Gasteiger partial charge in [0.2, 0.25) is 0 Å². The van der Waals surface area contributed by atoms with Crippen LogP contribution >= 0.6 is 15.6 Å². The van der Waals surface area contributed by atoms with E-state index in [1.807, 2.05) is 0 Å². The van der Waals surface area contributed by atoms with Gasteiger partial charge in [-0.25, -0.2) is 9.13 Å². The van der Waals surface area contributed by atoms with Crippen molar-refractivity contribution in [3.63, 3.8) is 0 Å². The van der Waals surface area contributed by atoms with Gasteiger partial charge >= 0.3 is 39.5 Å². The van der Waals surface area contributed by atoms with Crippen molar-refractivity contribution in [2.24, 2.45) is 11.8 Å². The second kappa shape index (κ2) is 70.7. The zero-order chi connectivity index (χ0) is 72.1. The maximum Gasteiger partial charge on any atom is 0.472 e. The first-order valence-electron chi connectivity index (χ1n) is 41.0. The lowest BCUT2D eigenvalue weighted by Gasteiger charge is -2.21. The molecule has 0 fully saturated rings. The van der Waals surface area contributed by atoms with E-state index < -0.39 is 97.5 Å². The van der Waals surface area contributed by atoms with E-state index in [1.165, 1.54) is 231 Å². The highest BCUT2D eigenvalue weighted by molar-refractivity contribution is 7.47. The standard InChI is InChI=1S/C79H154O17P2/c1-7-9-11-13-15-17-18-19-20-21-22-23-26-33-39-45-51-57-63-78(83)96-75(68-90-77(82)62-56-50-44-38-32-27-24-25-30-36-41-47-53-59-71(3)4)70-94-98(87,88)92-66-73(80)65-91-97(85,86)93-69-74(67-89-76(81)61-55-49-43-35-16-14-12-10-8-2)95-79(84)64-58-52-46-40-34-29-28-31-37-42-48-54-60-72(5)6/h71-75,80H,7-70H2,1-6H3,(H,85,86)(H,87,88)/t73-,74+,75+/m0/s1. The van der Waals surface area contributed by atoms with Gasteiger partial charge in [0, 0.05) is 25.7 Å². The minimum Gasteiger partial charge on any atom is -0.462 e. The van der Waals surface area contributed by atoms with Crippen molar-refractivity contribution < 1.29 is 80.2 Å². The summed E-state index contributed by atoms with van der Waals surface area (Å²) in [5, 5.41) is 10.6. The predicted molar refractivity (Wildman–Crippen MR) is 400 cm³/mol. The van der Waals surface area contributed by atoms with Crippen molar-refractivity contribution in [3.8, 4) is 0 Å². The molecule has 0 heterocycles. The minimum absolute atomic E-state index is 0.107. The molecule has 0 aliphatic carbocycles. The van der Waals surface area contributed by atoms with Crippen molar-refractivity contribution in [3.05, 3.63) is 0 Å². The highest BCUT2D eigenvalue weighted by Gasteiger charge is 2.30. The molecule has 5 atom stereocenters. The summed E-state index contributed by atoms with van der Waals surface area (Å²) in [7, 11) is -9.91. The molecule has 0 aliphatic rings. The SMILES string of the molecule is CCCCCCCCCCCCCCCCCCCCC(=O)O[C@H](COC(=O)CCCCCCCCCCCCCCCC(C)C)COP(=O)(O)OC[C@@H](O)COP(=O)(O)OC[C@@H](COC(=O)CCCCCCCCCCC)OC(=O)CCCCCCCCCCCCCCC(C)C. The lowest BCUT2D eigenvalue weighted by atomic mass is 10.0. The smallest absolute Gasteiger partial charge is 0.462 e. The van der Waals surface area contributed by atoms with Gasteiger partial charge in [0.1, 0.15) is 19.3 Å². The molecule has 2 unspecified atom stereocenters. The average Bonchev–Trinajstić information content (AvgIpc) is 1.01. The number of unbranched alkanes of at least 4 members (excludes halogenated alkanes) is 48. The summed E-state index contributed by atoms with van der Waals surface area (Å²) in [5.74, 6) is -0.543. The van der Waals surface area contributed by atoms with E-state index in [0.717, 1.165) is 102 Å². The summed E-state index contributed by atoms with van der Waals surface area (Å²) in [6, 6.07) is 0. The van der Waals surface area contributed by atoms with Crippen LogP contribution in [0.2, 0.25) is 0 Å². The van der Waals surface area contributed by atoms with Gasteiger partial charge in [-0.05, 0) is 37.5 Å². The van der Waals surface area contributed by atoms with Gasteiger partial charge in [0.15, 0.2) is 12.2 Å². The quantitative estimate of drug-likeness (QED) is 0.0222. The van der Waals surface area contributed by atoms with E-state index in [1.54, 1.807) is 0 Å². The Morgan fingerprint density at radius 1 is 0.276 bits per heavy atom. The van der Waals surface area contributed by atoms with Crippen LogP contribution in [0.3, 0.4) is 0 Å². The van der Waals surface area contributed by atoms with Gasteiger partial charge in [0.25, 0.3) is 0 Å². The number of phosphoric acid groups is 2. The first-order valence-corrected chi connectivity index (χ1v) is 44.0. The normalized spacial score (nSPS) is 13.9. The number of rotatable bonds is 78. The maximum atomic E-state index is 13.1. The molecular formula is C79H154O17P2. The van der Waals surface area contributed by atoms with E-state index in [2.05, 4.69) is 41.5 Å². The maximum absolute atomic E-state index is 13.1. The third kappa shape index (κ3) is 72.4. The molecule has 0 rings (SSSR count). The summed E-state index contributed by atoms with van der Waals surface area (Å²) >= 11 is 0. The Morgan fingerprint density at radius 2 is 0.469 bits per heavy atom. The summed E-state index contributed by atoms with van der Waals surface area (Å²) in [6.07, 6.45) is 59.6. The average molecular weight is 1440 g/mol. The van der Waals surface area contributed by atoms with Crippen LogP contribution in [0.5, 0.6) is 0 Å². The van der Waals surface area contributed by atoms with Gasteiger partial charge in [-0.3, -0.25) is 37.3 Å². The fraction of sp³-hybridized carbons (Fsp3) is 0.949. The van der Waals surface area contributed by atoms with Crippen LogP contribution in [-0.4, -0.2) is 96.7 Å². The predicted octanol–water partition coefficient (Wildman–Crippen LogP) is 23.5. The third-order valence-corrected chi connectivity index (χ3v) is 20.4. The molecule has 0 saturated heterocycles. The van der Waals surface area contributed by atoms with Gasteiger partial charge in [-0.15, -0.1) is 0 Å². The number of carbonyl (C=O) groups excluding carboxylic acids is 4. The third-order valence-electron chi connectivity index (χ3n) is 18.5. The van der Waals surface area contributed by atoms with Crippen molar-refractivity contribution in [2.45, 2.75) is 432 Å². The van der Waals surface area contributed by atoms with E-state index in [9.17, 15) is 43.2 Å². The molecule has 3 N–H and O–H groups in total. The second-order valence-electron chi connectivity index (χ2n) is 29.4. The lowest BCUT2D eigenvalue weighted by Crippen LogP contribution is -2.30. The fourth-order valence-corrected chi connectivity index (χ4v) is 13.8. The molecule has 582 valence electrons. The molecule has 17 nitrogen and oxygen atoms in total. The molecule has 0 amide bonds. The molecule has 0 spiro atoms. The number of hydrogen-bond donors (Lipinski definition) is 3. The molecule has 0 radical (unpaired) electrons. The van der Waals surface area contributed by atoms with Crippen LogP contribution in [0.15, 0.2) is 0 Å². The number of phosphoric ester groups is 2. The summed E-state index contributed by atoms with van der Waals surface area (Å²) in [4.78, 5) is 72.9. The molecule has 0 saturated carbocycles. The second-order valence-corrected chi connectivity index (χ2v) is 32.3. The minimum atomic E-state index is -4.96. The van der Waals surface area contributed by atoms with Gasteiger partial charge in [-0.2, -0.15) is 0 Å². The Balaban J connectivity index is 5.23. The molecule has 0 aromatic carbocycles. The molecule has 0 aromatic rings. The van der Waals surface area contributed by atoms with E-state index in [0.29, 0.717) is 25.7 Å². The molecule has 98 heavy (non-hydrogen) atoms. The van der Waals surface area contributed by atoms with Gasteiger partial charge in [-0.1, -0.05) is 363 Å². The van der Waals surface area contributed by atoms with Crippen LogP contribution in [0.25, 0.3) is 0 Å². The number of aliphatic hydroxyl groups is 1. The van der Waals surface area contributed by atoms with Gasteiger partial charge in [0.05, 0.1) is 26.4 Å². The van der Waals surface area contributed by atoms with E-state index >= 15 is 0 Å². The number of esters is 4. The zero-order valence-corrected chi connectivity index (χ0v) is 65.9. The Labute approximate surface area is 600 Å². The van der Waals surface area contributed by atoms with Crippen LogP contribution in [0, 0.1) is 11.8 Å². The zero-order valence-electron chi connectivity index (χ0n) is 64.1. The number of hydrogen-bond acceptors (Lipinski definition) is 15. The Morgan fingerprint density at radius 3 is 0.694 bits per heavy atom. The number of aliphatic hydroxyl groups excluding tert-OH is 1. The van der Waals surface area contributed by atoms with E-state index in [4.69, 9.17) is 37.0 Å². The Bertz CT molecular complexity index is 1890. The lowest BCUT2D eigenvalue weighted by molar-refractivity contribution is -0.161. The topological polar surface area (TPSA) is 237 Å². The highest BCUT2D eigenvalue weighted by atomic mass is 31.2. The molecule has 0 aliphatic heterocycles. The summed E-state index contributed by atoms with van der Waals surface area (Å²) in [5.41, 5.74) is 0. The molecule has 19 heteroatoms. The molecule has 0 bridgehead atoms. The highest BCUT2D eigenvalue weighted by Crippen LogP contribution is 2.45.